The van der Waals surface area contributed by atoms with Gasteiger partial charge in [-0.25, -0.2) is 0 Å². The van der Waals surface area contributed by atoms with Crippen LogP contribution in [0.15, 0.2) is 18.2 Å². The maximum atomic E-state index is 12.3. The van der Waals surface area contributed by atoms with E-state index in [-0.39, 0.29) is 5.78 Å². The van der Waals surface area contributed by atoms with Crippen LogP contribution in [-0.4, -0.2) is 54.9 Å². The van der Waals surface area contributed by atoms with Gasteiger partial charge in [0, 0.05) is 36.3 Å². The summed E-state index contributed by atoms with van der Waals surface area (Å²) in [4.78, 5) is 16.9. The van der Waals surface area contributed by atoms with E-state index in [1.165, 1.54) is 0 Å². The van der Waals surface area contributed by atoms with Crippen LogP contribution >= 0.6 is 23.2 Å². The summed E-state index contributed by atoms with van der Waals surface area (Å²) in [6.07, 6.45) is 1.10. The number of rotatable bonds is 4. The third kappa shape index (κ3) is 3.73. The summed E-state index contributed by atoms with van der Waals surface area (Å²) in [5.74, 6) is 0.0612. The minimum absolute atomic E-state index is 0.0612. The van der Waals surface area contributed by atoms with Crippen molar-refractivity contribution in [1.29, 1.82) is 0 Å². The van der Waals surface area contributed by atoms with E-state index >= 15 is 0 Å². The Labute approximate surface area is 130 Å². The molecule has 5 heteroatoms. The third-order valence-electron chi connectivity index (χ3n) is 3.93. The Balaban J connectivity index is 2.01. The van der Waals surface area contributed by atoms with Gasteiger partial charge in [0.2, 0.25) is 0 Å². The first kappa shape index (κ1) is 15.8. The number of piperazine rings is 1. The van der Waals surface area contributed by atoms with Crippen LogP contribution in [0.2, 0.25) is 10.0 Å². The summed E-state index contributed by atoms with van der Waals surface area (Å²) in [5, 5.41) is 0.987. The Morgan fingerprint density at radius 2 is 2.10 bits per heavy atom. The van der Waals surface area contributed by atoms with Gasteiger partial charge < -0.3 is 4.90 Å². The number of carbonyl (C=O) groups excluding carboxylic acids is 1. The number of halogens is 2. The standard InChI is InChI=1S/C15H20Cl2N2O/c1-3-12-9-19(7-6-18(12)2)10-15(20)13-5-4-11(16)8-14(13)17/h4-5,8,12H,3,6-7,9-10H2,1-2H3. The highest BCUT2D eigenvalue weighted by Gasteiger charge is 2.24. The summed E-state index contributed by atoms with van der Waals surface area (Å²) < 4.78 is 0. The Hall–Kier alpha value is -0.610. The van der Waals surface area contributed by atoms with Gasteiger partial charge in [-0.3, -0.25) is 9.69 Å². The summed E-state index contributed by atoms with van der Waals surface area (Å²) in [5.41, 5.74) is 0.558. The van der Waals surface area contributed by atoms with Crippen LogP contribution in [0, 0.1) is 0 Å². The van der Waals surface area contributed by atoms with Crippen molar-refractivity contribution >= 4 is 29.0 Å². The van der Waals surface area contributed by atoms with Crippen molar-refractivity contribution in [2.24, 2.45) is 0 Å². The molecule has 0 saturated carbocycles. The van der Waals surface area contributed by atoms with Gasteiger partial charge in [-0.1, -0.05) is 30.1 Å². The quantitative estimate of drug-likeness (QED) is 0.797. The van der Waals surface area contributed by atoms with Crippen LogP contribution < -0.4 is 0 Å². The number of Topliss-reactive ketones (excluding diaryl/α,β-unsaturated/α-hetero) is 1. The lowest BCUT2D eigenvalue weighted by Crippen LogP contribution is -2.52. The Morgan fingerprint density at radius 1 is 1.35 bits per heavy atom. The Morgan fingerprint density at radius 3 is 2.75 bits per heavy atom. The van der Waals surface area contributed by atoms with E-state index in [2.05, 4.69) is 23.8 Å². The molecule has 110 valence electrons. The minimum atomic E-state index is 0.0612. The number of carbonyl (C=O) groups is 1. The predicted octanol–water partition coefficient (Wildman–Crippen LogP) is 3.20. The number of hydrogen-bond acceptors (Lipinski definition) is 3. The molecule has 0 aromatic heterocycles. The second kappa shape index (κ2) is 6.90. The van der Waals surface area contributed by atoms with Crippen LogP contribution in [0.1, 0.15) is 23.7 Å². The van der Waals surface area contributed by atoms with Gasteiger partial charge in [-0.15, -0.1) is 0 Å². The van der Waals surface area contributed by atoms with E-state index < -0.39 is 0 Å². The van der Waals surface area contributed by atoms with Crippen molar-refractivity contribution in [2.45, 2.75) is 19.4 Å². The zero-order chi connectivity index (χ0) is 14.7. The number of likely N-dealkylation sites (N-methyl/N-ethyl adjacent to an activating group) is 1. The molecule has 0 spiro atoms. The molecule has 0 amide bonds. The molecular weight excluding hydrogens is 295 g/mol. The highest BCUT2D eigenvalue weighted by Crippen LogP contribution is 2.22. The molecule has 1 fully saturated rings. The fraction of sp³-hybridized carbons (Fsp3) is 0.533. The lowest BCUT2D eigenvalue weighted by Gasteiger charge is -2.38. The van der Waals surface area contributed by atoms with Gasteiger partial charge in [0.15, 0.2) is 5.78 Å². The Kier molecular flexibility index (Phi) is 5.44. The van der Waals surface area contributed by atoms with E-state index in [1.807, 2.05) is 0 Å². The second-order valence-electron chi connectivity index (χ2n) is 5.33. The summed E-state index contributed by atoms with van der Waals surface area (Å²) in [6.45, 7) is 5.46. The van der Waals surface area contributed by atoms with Gasteiger partial charge in [-0.2, -0.15) is 0 Å². The molecule has 0 radical (unpaired) electrons. The molecule has 1 aliphatic heterocycles. The fourth-order valence-corrected chi connectivity index (χ4v) is 3.11. The fourth-order valence-electron chi connectivity index (χ4n) is 2.60. The van der Waals surface area contributed by atoms with Gasteiger partial charge >= 0.3 is 0 Å². The van der Waals surface area contributed by atoms with Crippen LogP contribution in [0.25, 0.3) is 0 Å². The number of nitrogens with zero attached hydrogens (tertiary/aromatic N) is 2. The summed E-state index contributed by atoms with van der Waals surface area (Å²) >= 11 is 11.9. The number of ketones is 1. The maximum Gasteiger partial charge on any atom is 0.178 e. The molecule has 1 saturated heterocycles. The lowest BCUT2D eigenvalue weighted by atomic mass is 10.1. The van der Waals surface area contributed by atoms with Crippen molar-refractivity contribution in [1.82, 2.24) is 9.80 Å². The van der Waals surface area contributed by atoms with E-state index in [1.54, 1.807) is 18.2 Å². The third-order valence-corrected chi connectivity index (χ3v) is 4.48. The minimum Gasteiger partial charge on any atom is -0.301 e. The van der Waals surface area contributed by atoms with Crippen LogP contribution in [-0.2, 0) is 0 Å². The SMILES string of the molecule is CCC1CN(CC(=O)c2ccc(Cl)cc2Cl)CCN1C. The molecular formula is C15H20Cl2N2O. The summed E-state index contributed by atoms with van der Waals surface area (Å²) in [7, 11) is 2.14. The lowest BCUT2D eigenvalue weighted by molar-refractivity contribution is 0.0743. The first-order chi connectivity index (χ1) is 9.51. The molecule has 0 aliphatic carbocycles. The molecule has 1 unspecified atom stereocenters. The molecule has 1 heterocycles. The average molecular weight is 315 g/mol. The molecule has 3 nitrogen and oxygen atoms in total. The smallest absolute Gasteiger partial charge is 0.178 e. The van der Waals surface area contributed by atoms with Crippen LogP contribution in [0.5, 0.6) is 0 Å². The topological polar surface area (TPSA) is 23.6 Å². The highest BCUT2D eigenvalue weighted by molar-refractivity contribution is 6.36. The Bertz CT molecular complexity index is 493. The van der Waals surface area contributed by atoms with Crippen molar-refractivity contribution in [2.75, 3.05) is 33.2 Å². The zero-order valence-electron chi connectivity index (χ0n) is 11.9. The molecule has 1 aromatic carbocycles. The maximum absolute atomic E-state index is 12.3. The highest BCUT2D eigenvalue weighted by atomic mass is 35.5. The average Bonchev–Trinajstić information content (AvgIpc) is 2.40. The van der Waals surface area contributed by atoms with E-state index in [9.17, 15) is 4.79 Å². The number of hydrogen-bond donors (Lipinski definition) is 0. The largest absolute Gasteiger partial charge is 0.301 e. The van der Waals surface area contributed by atoms with E-state index in [0.29, 0.717) is 28.2 Å². The molecule has 1 aromatic rings. The van der Waals surface area contributed by atoms with Gasteiger partial charge in [-0.05, 0) is 31.7 Å². The molecule has 0 N–H and O–H groups in total. The number of benzene rings is 1. The normalized spacial score (nSPS) is 21.1. The molecule has 2 rings (SSSR count). The van der Waals surface area contributed by atoms with Crippen molar-refractivity contribution < 1.29 is 4.79 Å². The summed E-state index contributed by atoms with van der Waals surface area (Å²) in [6, 6.07) is 5.56. The van der Waals surface area contributed by atoms with Gasteiger partial charge in [0.25, 0.3) is 0 Å². The molecule has 1 aliphatic rings. The van der Waals surface area contributed by atoms with E-state index in [4.69, 9.17) is 23.2 Å². The van der Waals surface area contributed by atoms with Crippen LogP contribution in [0.3, 0.4) is 0 Å². The van der Waals surface area contributed by atoms with Crippen LogP contribution in [0.4, 0.5) is 0 Å². The van der Waals surface area contributed by atoms with Crippen molar-refractivity contribution in [3.8, 4) is 0 Å². The molecule has 1 atom stereocenters. The monoisotopic (exact) mass is 314 g/mol. The molecule has 20 heavy (non-hydrogen) atoms. The van der Waals surface area contributed by atoms with Gasteiger partial charge in [0.05, 0.1) is 11.6 Å². The van der Waals surface area contributed by atoms with Crippen molar-refractivity contribution in [3.63, 3.8) is 0 Å². The van der Waals surface area contributed by atoms with Crippen molar-refractivity contribution in [3.05, 3.63) is 33.8 Å². The first-order valence-corrected chi connectivity index (χ1v) is 7.67. The van der Waals surface area contributed by atoms with Gasteiger partial charge in [0.1, 0.15) is 0 Å². The predicted molar refractivity (Wildman–Crippen MR) is 83.9 cm³/mol. The second-order valence-corrected chi connectivity index (χ2v) is 6.17. The first-order valence-electron chi connectivity index (χ1n) is 6.92. The zero-order valence-corrected chi connectivity index (χ0v) is 13.4. The molecule has 0 bridgehead atoms. The van der Waals surface area contributed by atoms with E-state index in [0.717, 1.165) is 26.1 Å².